The highest BCUT2D eigenvalue weighted by molar-refractivity contribution is 7.99. The Hall–Kier alpha value is -2.69. The molecule has 11 heteroatoms. The Morgan fingerprint density at radius 1 is 1.12 bits per heavy atom. The highest BCUT2D eigenvalue weighted by atomic mass is 32.2. The van der Waals surface area contributed by atoms with Gasteiger partial charge in [0.25, 0.3) is 11.5 Å². The molecule has 1 atom stereocenters. The number of carbonyl (C=O) groups is 1. The van der Waals surface area contributed by atoms with Crippen molar-refractivity contribution in [1.82, 2.24) is 19.4 Å². The quantitative estimate of drug-likeness (QED) is 0.707. The van der Waals surface area contributed by atoms with Crippen molar-refractivity contribution < 1.29 is 14.0 Å². The van der Waals surface area contributed by atoms with Gasteiger partial charge in [-0.15, -0.1) is 0 Å². The normalized spacial score (nSPS) is 25.7. The van der Waals surface area contributed by atoms with Crippen molar-refractivity contribution >= 4 is 34.4 Å². The van der Waals surface area contributed by atoms with E-state index in [4.69, 9.17) is 4.84 Å². The third kappa shape index (κ3) is 4.37. The van der Waals surface area contributed by atoms with Crippen LogP contribution < -0.4 is 16.6 Å². The standard InChI is InChI=1S/C23H28FN5O4S/c1-13-10-19(27-33-13)21(30)26-15-2-4-16(5-3-15)29-22(31)18-11-14(24)12-25-20(18)28(23(29)32)17-6-8-34-9-7-17/h11-13,15-17H,2-10H2,1H3,(H,26,30). The highest BCUT2D eigenvalue weighted by Crippen LogP contribution is 2.30. The fourth-order valence-electron chi connectivity index (χ4n) is 5.18. The van der Waals surface area contributed by atoms with Crippen LogP contribution in [0.5, 0.6) is 0 Å². The van der Waals surface area contributed by atoms with Gasteiger partial charge in [-0.3, -0.25) is 18.7 Å². The summed E-state index contributed by atoms with van der Waals surface area (Å²) in [5.41, 5.74) is -0.206. The number of rotatable bonds is 4. The molecule has 182 valence electrons. The van der Waals surface area contributed by atoms with Crippen molar-refractivity contribution in [3.8, 4) is 0 Å². The number of hydrogen-bond acceptors (Lipinski definition) is 7. The number of halogens is 1. The van der Waals surface area contributed by atoms with Crippen molar-refractivity contribution in [3.63, 3.8) is 0 Å². The van der Waals surface area contributed by atoms with Gasteiger partial charge >= 0.3 is 5.69 Å². The number of carbonyl (C=O) groups excluding carboxylic acids is 1. The summed E-state index contributed by atoms with van der Waals surface area (Å²) in [4.78, 5) is 48.7. The summed E-state index contributed by atoms with van der Waals surface area (Å²) >= 11 is 1.84. The molecular weight excluding hydrogens is 461 g/mol. The second-order valence-electron chi connectivity index (χ2n) is 9.33. The maximum Gasteiger partial charge on any atom is 0.333 e. The summed E-state index contributed by atoms with van der Waals surface area (Å²) in [6.07, 6.45) is 5.45. The summed E-state index contributed by atoms with van der Waals surface area (Å²) in [6.45, 7) is 1.86. The van der Waals surface area contributed by atoms with E-state index < -0.39 is 11.4 Å². The first kappa shape index (κ1) is 23.1. The Morgan fingerprint density at radius 3 is 2.50 bits per heavy atom. The zero-order valence-corrected chi connectivity index (χ0v) is 19.9. The minimum atomic E-state index is -0.597. The molecule has 2 aromatic rings. The Balaban J connectivity index is 1.41. The van der Waals surface area contributed by atoms with Gasteiger partial charge in [0.15, 0.2) is 0 Å². The topological polar surface area (TPSA) is 108 Å². The van der Waals surface area contributed by atoms with Gasteiger partial charge < -0.3 is 10.2 Å². The lowest BCUT2D eigenvalue weighted by molar-refractivity contribution is -0.115. The number of pyridine rings is 1. The Kier molecular flexibility index (Phi) is 6.46. The van der Waals surface area contributed by atoms with E-state index in [0.29, 0.717) is 37.8 Å². The van der Waals surface area contributed by atoms with Gasteiger partial charge in [-0.1, -0.05) is 5.16 Å². The fourth-order valence-corrected chi connectivity index (χ4v) is 6.26. The average Bonchev–Trinajstić information content (AvgIpc) is 3.28. The number of aromatic nitrogens is 3. The molecule has 1 unspecified atom stereocenters. The molecule has 1 saturated carbocycles. The molecule has 2 aliphatic heterocycles. The molecule has 2 fully saturated rings. The molecule has 0 bridgehead atoms. The molecule has 1 amide bonds. The van der Waals surface area contributed by atoms with Crippen molar-refractivity contribution in [2.45, 2.75) is 76.1 Å². The average molecular weight is 490 g/mol. The van der Waals surface area contributed by atoms with E-state index in [2.05, 4.69) is 15.5 Å². The number of amides is 1. The predicted octanol–water partition coefficient (Wildman–Crippen LogP) is 2.53. The van der Waals surface area contributed by atoms with E-state index in [1.807, 2.05) is 18.7 Å². The molecule has 0 spiro atoms. The van der Waals surface area contributed by atoms with Crippen molar-refractivity contribution in [3.05, 3.63) is 38.9 Å². The first-order chi connectivity index (χ1) is 16.4. The molecule has 5 rings (SSSR count). The van der Waals surface area contributed by atoms with Gasteiger partial charge in [0.1, 0.15) is 23.3 Å². The van der Waals surface area contributed by atoms with E-state index in [1.54, 1.807) is 4.57 Å². The number of oxime groups is 1. The lowest BCUT2D eigenvalue weighted by Gasteiger charge is -2.31. The molecule has 0 aromatic carbocycles. The monoisotopic (exact) mass is 489 g/mol. The molecule has 34 heavy (non-hydrogen) atoms. The number of fused-ring (bicyclic) bond motifs is 1. The summed E-state index contributed by atoms with van der Waals surface area (Å²) in [6, 6.07) is 0.757. The van der Waals surface area contributed by atoms with Crippen molar-refractivity contribution in [2.24, 2.45) is 5.16 Å². The van der Waals surface area contributed by atoms with Gasteiger partial charge in [-0.05, 0) is 63.0 Å². The number of nitrogens with one attached hydrogen (secondary N) is 1. The molecule has 0 radical (unpaired) electrons. The maximum atomic E-state index is 14.0. The van der Waals surface area contributed by atoms with E-state index >= 15 is 0 Å². The minimum Gasteiger partial charge on any atom is -0.392 e. The largest absolute Gasteiger partial charge is 0.392 e. The van der Waals surface area contributed by atoms with Crippen LogP contribution in [0.1, 0.15) is 64.0 Å². The second kappa shape index (κ2) is 9.52. The molecule has 2 aromatic heterocycles. The molecule has 1 saturated heterocycles. The number of nitrogens with zero attached hydrogens (tertiary/aromatic N) is 4. The number of thioether (sulfide) groups is 1. The van der Waals surface area contributed by atoms with E-state index in [-0.39, 0.29) is 46.9 Å². The smallest absolute Gasteiger partial charge is 0.333 e. The lowest BCUT2D eigenvalue weighted by Crippen LogP contribution is -2.47. The molecule has 9 nitrogen and oxygen atoms in total. The third-order valence-electron chi connectivity index (χ3n) is 6.96. The molecule has 3 aliphatic rings. The van der Waals surface area contributed by atoms with Gasteiger partial charge in [0, 0.05) is 24.5 Å². The zero-order valence-electron chi connectivity index (χ0n) is 19.0. The predicted molar refractivity (Wildman–Crippen MR) is 128 cm³/mol. The molecule has 1 aliphatic carbocycles. The van der Waals surface area contributed by atoms with Crippen LogP contribution in [0.3, 0.4) is 0 Å². The number of hydrogen-bond donors (Lipinski definition) is 1. The van der Waals surface area contributed by atoms with Gasteiger partial charge in [-0.25, -0.2) is 14.2 Å². The summed E-state index contributed by atoms with van der Waals surface area (Å²) < 4.78 is 16.9. The Bertz CT molecular complexity index is 1240. The molecule has 4 heterocycles. The van der Waals surface area contributed by atoms with Gasteiger partial charge in [0.05, 0.1) is 11.6 Å². The summed E-state index contributed by atoms with van der Waals surface area (Å²) in [7, 11) is 0. The van der Waals surface area contributed by atoms with E-state index in [0.717, 1.165) is 30.5 Å². The van der Waals surface area contributed by atoms with Gasteiger partial charge in [0.2, 0.25) is 0 Å². The summed E-state index contributed by atoms with van der Waals surface area (Å²) in [5.74, 6) is 1.03. The van der Waals surface area contributed by atoms with Crippen LogP contribution in [0, 0.1) is 5.82 Å². The van der Waals surface area contributed by atoms with Crippen LogP contribution >= 0.6 is 11.8 Å². The van der Waals surface area contributed by atoms with Crippen LogP contribution in [0.15, 0.2) is 27.0 Å². The van der Waals surface area contributed by atoms with Crippen LogP contribution in [0.4, 0.5) is 4.39 Å². The Morgan fingerprint density at radius 2 is 1.82 bits per heavy atom. The SMILES string of the molecule is CC1CC(C(=O)NC2CCC(n3c(=O)c4cc(F)cnc4n(C4CCSCC4)c3=O)CC2)=NO1. The molecular formula is C23H28FN5O4S. The van der Waals surface area contributed by atoms with Crippen LogP contribution in [-0.2, 0) is 9.63 Å². The van der Waals surface area contributed by atoms with E-state index in [1.165, 1.54) is 10.6 Å². The lowest BCUT2D eigenvalue weighted by atomic mass is 9.90. The first-order valence-electron chi connectivity index (χ1n) is 11.9. The highest BCUT2D eigenvalue weighted by Gasteiger charge is 2.31. The van der Waals surface area contributed by atoms with Crippen LogP contribution in [-0.4, -0.2) is 49.4 Å². The minimum absolute atomic E-state index is 0.0600. The van der Waals surface area contributed by atoms with E-state index in [9.17, 15) is 18.8 Å². The Labute approximate surface area is 199 Å². The third-order valence-corrected chi connectivity index (χ3v) is 8.01. The maximum absolute atomic E-state index is 14.0. The fraction of sp³-hybridized carbons (Fsp3) is 0.609. The zero-order chi connectivity index (χ0) is 23.8. The first-order valence-corrected chi connectivity index (χ1v) is 13.0. The summed E-state index contributed by atoms with van der Waals surface area (Å²) in [5, 5.41) is 6.98. The van der Waals surface area contributed by atoms with Crippen molar-refractivity contribution in [2.75, 3.05) is 11.5 Å². The van der Waals surface area contributed by atoms with Crippen LogP contribution in [0.25, 0.3) is 11.0 Å². The van der Waals surface area contributed by atoms with Crippen molar-refractivity contribution in [1.29, 1.82) is 0 Å². The second-order valence-corrected chi connectivity index (χ2v) is 10.6. The molecule has 1 N–H and O–H groups in total. The van der Waals surface area contributed by atoms with Gasteiger partial charge in [-0.2, -0.15) is 11.8 Å². The van der Waals surface area contributed by atoms with Crippen LogP contribution in [0.2, 0.25) is 0 Å².